The van der Waals surface area contributed by atoms with Gasteiger partial charge in [-0.3, -0.25) is 0 Å². The molecule has 0 aromatic heterocycles. The number of aliphatic hydroxyl groups is 1. The maximum atomic E-state index is 10.2. The van der Waals surface area contributed by atoms with Crippen molar-refractivity contribution < 1.29 is 14.6 Å². The molecular formula is C21H34O3. The van der Waals surface area contributed by atoms with Crippen LogP contribution in [0.5, 0.6) is 0 Å². The molecule has 5 aliphatic rings. The second-order valence-electron chi connectivity index (χ2n) is 10.0. The number of ether oxygens (including phenoxy) is 2. The van der Waals surface area contributed by atoms with Crippen LogP contribution in [0.4, 0.5) is 0 Å². The Kier molecular flexibility index (Phi) is 3.49. The molecule has 0 radical (unpaired) electrons. The molecule has 0 amide bonds. The van der Waals surface area contributed by atoms with Crippen LogP contribution < -0.4 is 0 Å². The molecule has 1 heterocycles. The summed E-state index contributed by atoms with van der Waals surface area (Å²) in [6.45, 7) is 6.61. The number of rotatable bonds is 0. The van der Waals surface area contributed by atoms with Crippen molar-refractivity contribution in [1.82, 2.24) is 0 Å². The van der Waals surface area contributed by atoms with Gasteiger partial charge in [-0.1, -0.05) is 13.8 Å². The zero-order chi connectivity index (χ0) is 16.6. The Morgan fingerprint density at radius 1 is 0.833 bits per heavy atom. The fourth-order valence-electron chi connectivity index (χ4n) is 8.12. The fourth-order valence-corrected chi connectivity index (χ4v) is 8.12. The zero-order valence-corrected chi connectivity index (χ0v) is 15.4. The molecule has 1 spiro atoms. The van der Waals surface area contributed by atoms with Crippen LogP contribution in [0, 0.1) is 34.5 Å². The lowest BCUT2D eigenvalue weighted by atomic mass is 9.45. The highest BCUT2D eigenvalue weighted by atomic mass is 16.7. The third-order valence-corrected chi connectivity index (χ3v) is 9.44. The van der Waals surface area contributed by atoms with Crippen molar-refractivity contribution >= 4 is 0 Å². The SMILES string of the molecule is C[C@]12CC[C@@H](O)C[C@@H]1CC[C@H]1[C@H]2CC[C@]2(C)[C@@H]1CCC21OCCO1. The van der Waals surface area contributed by atoms with Crippen molar-refractivity contribution in [2.45, 2.75) is 83.5 Å². The van der Waals surface area contributed by atoms with Gasteiger partial charge in [-0.15, -0.1) is 0 Å². The summed E-state index contributed by atoms with van der Waals surface area (Å²) < 4.78 is 12.5. The molecule has 3 nitrogen and oxygen atoms in total. The molecule has 4 saturated carbocycles. The van der Waals surface area contributed by atoms with Gasteiger partial charge in [0.1, 0.15) is 0 Å². The largest absolute Gasteiger partial charge is 0.393 e. The van der Waals surface area contributed by atoms with Crippen molar-refractivity contribution in [3.63, 3.8) is 0 Å². The van der Waals surface area contributed by atoms with Gasteiger partial charge in [-0.2, -0.15) is 0 Å². The summed E-state index contributed by atoms with van der Waals surface area (Å²) in [7, 11) is 0. The fraction of sp³-hybridized carbons (Fsp3) is 1.00. The Labute approximate surface area is 146 Å². The Bertz CT molecular complexity index is 513. The van der Waals surface area contributed by atoms with Crippen LogP contribution in [0.15, 0.2) is 0 Å². The monoisotopic (exact) mass is 334 g/mol. The summed E-state index contributed by atoms with van der Waals surface area (Å²) >= 11 is 0. The van der Waals surface area contributed by atoms with Crippen molar-refractivity contribution in [3.8, 4) is 0 Å². The lowest BCUT2D eigenvalue weighted by molar-refractivity contribution is -0.247. The second-order valence-corrected chi connectivity index (χ2v) is 10.0. The predicted octanol–water partition coefficient (Wildman–Crippen LogP) is 4.13. The highest BCUT2D eigenvalue weighted by molar-refractivity contribution is 5.12. The van der Waals surface area contributed by atoms with Gasteiger partial charge in [0.15, 0.2) is 5.79 Å². The molecule has 136 valence electrons. The maximum absolute atomic E-state index is 10.2. The Balaban J connectivity index is 1.45. The topological polar surface area (TPSA) is 38.7 Å². The lowest BCUT2D eigenvalue weighted by Gasteiger charge is -2.61. The minimum absolute atomic E-state index is 0.0384. The first-order chi connectivity index (χ1) is 11.5. The van der Waals surface area contributed by atoms with Crippen LogP contribution in [0.1, 0.15) is 71.6 Å². The smallest absolute Gasteiger partial charge is 0.174 e. The van der Waals surface area contributed by atoms with Gasteiger partial charge in [0.25, 0.3) is 0 Å². The molecule has 4 aliphatic carbocycles. The van der Waals surface area contributed by atoms with E-state index >= 15 is 0 Å². The second kappa shape index (κ2) is 5.20. The average molecular weight is 335 g/mol. The molecule has 1 N–H and O–H groups in total. The molecule has 24 heavy (non-hydrogen) atoms. The Morgan fingerprint density at radius 3 is 2.38 bits per heavy atom. The number of aliphatic hydroxyl groups excluding tert-OH is 1. The zero-order valence-electron chi connectivity index (χ0n) is 15.4. The minimum Gasteiger partial charge on any atom is -0.393 e. The van der Waals surface area contributed by atoms with E-state index in [4.69, 9.17) is 9.47 Å². The molecular weight excluding hydrogens is 300 g/mol. The normalized spacial score (nSPS) is 55.9. The van der Waals surface area contributed by atoms with Crippen LogP contribution in [-0.4, -0.2) is 30.2 Å². The molecule has 0 aromatic carbocycles. The van der Waals surface area contributed by atoms with E-state index in [1.165, 1.54) is 38.5 Å². The van der Waals surface area contributed by atoms with Gasteiger partial charge >= 0.3 is 0 Å². The summed E-state index contributed by atoms with van der Waals surface area (Å²) in [5.74, 6) is 2.98. The van der Waals surface area contributed by atoms with E-state index in [1.807, 2.05) is 0 Å². The van der Waals surface area contributed by atoms with Crippen molar-refractivity contribution in [2.75, 3.05) is 13.2 Å². The van der Waals surface area contributed by atoms with Gasteiger partial charge < -0.3 is 14.6 Å². The highest BCUT2D eigenvalue weighted by Gasteiger charge is 2.67. The van der Waals surface area contributed by atoms with E-state index < -0.39 is 0 Å². The predicted molar refractivity (Wildman–Crippen MR) is 92.4 cm³/mol. The van der Waals surface area contributed by atoms with E-state index in [-0.39, 0.29) is 17.3 Å². The standard InChI is InChI=1S/C21H34O3/c1-19-8-5-15(22)13-14(19)3-4-16-17(19)6-9-20(2)18(16)7-10-21(20)23-11-12-24-21/h14-18,22H,3-13H2,1-2H3/t14-,15+,16-,17+,18+,19-,20+/m0/s1. The first-order valence-corrected chi connectivity index (χ1v) is 10.4. The van der Waals surface area contributed by atoms with E-state index in [1.54, 1.807) is 0 Å². The summed E-state index contributed by atoms with van der Waals surface area (Å²) in [4.78, 5) is 0. The maximum Gasteiger partial charge on any atom is 0.174 e. The summed E-state index contributed by atoms with van der Waals surface area (Å²) in [6, 6.07) is 0. The molecule has 0 unspecified atom stereocenters. The molecule has 5 rings (SSSR count). The van der Waals surface area contributed by atoms with E-state index in [9.17, 15) is 5.11 Å². The van der Waals surface area contributed by atoms with E-state index in [0.29, 0.717) is 5.41 Å². The average Bonchev–Trinajstić information content (AvgIpc) is 3.15. The van der Waals surface area contributed by atoms with Crippen molar-refractivity contribution in [3.05, 3.63) is 0 Å². The molecule has 5 fully saturated rings. The van der Waals surface area contributed by atoms with E-state index in [2.05, 4.69) is 13.8 Å². The molecule has 0 bridgehead atoms. The lowest BCUT2D eigenvalue weighted by Crippen LogP contribution is -2.57. The molecule has 1 aliphatic heterocycles. The quantitative estimate of drug-likeness (QED) is 0.724. The van der Waals surface area contributed by atoms with Gasteiger partial charge in [0, 0.05) is 11.8 Å². The third-order valence-electron chi connectivity index (χ3n) is 9.44. The minimum atomic E-state index is -0.261. The van der Waals surface area contributed by atoms with Gasteiger partial charge in [-0.05, 0) is 80.5 Å². The number of hydrogen-bond acceptors (Lipinski definition) is 3. The summed E-state index contributed by atoms with van der Waals surface area (Å²) in [6.07, 6.45) is 11.0. The number of fused-ring (bicyclic) bond motifs is 6. The van der Waals surface area contributed by atoms with Crippen LogP contribution >= 0.6 is 0 Å². The van der Waals surface area contributed by atoms with Crippen LogP contribution in [0.2, 0.25) is 0 Å². The van der Waals surface area contributed by atoms with E-state index in [0.717, 1.165) is 56.1 Å². The van der Waals surface area contributed by atoms with Crippen molar-refractivity contribution in [1.29, 1.82) is 0 Å². The van der Waals surface area contributed by atoms with Gasteiger partial charge in [-0.25, -0.2) is 0 Å². The van der Waals surface area contributed by atoms with Crippen LogP contribution in [-0.2, 0) is 9.47 Å². The van der Waals surface area contributed by atoms with Gasteiger partial charge in [0.2, 0.25) is 0 Å². The Hall–Kier alpha value is -0.120. The molecule has 7 atom stereocenters. The molecule has 1 saturated heterocycles. The van der Waals surface area contributed by atoms with Crippen LogP contribution in [0.3, 0.4) is 0 Å². The Morgan fingerprint density at radius 2 is 1.58 bits per heavy atom. The first-order valence-electron chi connectivity index (χ1n) is 10.4. The third kappa shape index (κ3) is 1.90. The highest BCUT2D eigenvalue weighted by Crippen LogP contribution is 2.69. The first kappa shape index (κ1) is 16.1. The molecule has 0 aromatic rings. The summed E-state index contributed by atoms with van der Waals surface area (Å²) in [5.41, 5.74) is 0.693. The number of hydrogen-bond donors (Lipinski definition) is 1. The molecule has 3 heteroatoms. The summed E-state index contributed by atoms with van der Waals surface area (Å²) in [5, 5.41) is 10.2. The van der Waals surface area contributed by atoms with Crippen molar-refractivity contribution in [2.24, 2.45) is 34.5 Å². The van der Waals surface area contributed by atoms with Gasteiger partial charge in [0.05, 0.1) is 19.3 Å². The van der Waals surface area contributed by atoms with Crippen LogP contribution in [0.25, 0.3) is 0 Å².